The average molecular weight is 514 g/mol. The van der Waals surface area contributed by atoms with Crippen molar-refractivity contribution in [3.05, 3.63) is 71.8 Å². The van der Waals surface area contributed by atoms with Gasteiger partial charge in [0.1, 0.15) is 18.5 Å². The van der Waals surface area contributed by atoms with E-state index in [4.69, 9.17) is 34.7 Å². The molecule has 0 bridgehead atoms. The van der Waals surface area contributed by atoms with Crippen LogP contribution in [0.25, 0.3) is 11.3 Å². The van der Waals surface area contributed by atoms with Gasteiger partial charge in [-0.25, -0.2) is 19.0 Å². The van der Waals surface area contributed by atoms with Crippen molar-refractivity contribution in [3.63, 3.8) is 0 Å². The van der Waals surface area contributed by atoms with Gasteiger partial charge in [0.15, 0.2) is 17.1 Å². The normalized spacial score (nSPS) is 10.5. The summed E-state index contributed by atoms with van der Waals surface area (Å²) in [6, 6.07) is 7.06. The summed E-state index contributed by atoms with van der Waals surface area (Å²) in [6.45, 7) is 0. The van der Waals surface area contributed by atoms with Crippen LogP contribution in [-0.2, 0) is 14.1 Å². The summed E-state index contributed by atoms with van der Waals surface area (Å²) in [5, 5.41) is 20.3. The molecule has 13 nitrogen and oxygen atoms in total. The topological polar surface area (TPSA) is 160 Å². The van der Waals surface area contributed by atoms with Crippen LogP contribution in [0.5, 0.6) is 0 Å². The first-order valence-electron chi connectivity index (χ1n) is 10.0. The third kappa shape index (κ3) is 5.96. The van der Waals surface area contributed by atoms with E-state index in [1.54, 1.807) is 50.7 Å². The second-order valence-electron chi connectivity index (χ2n) is 7.16. The number of anilines is 4. The number of nitrogens with two attached hydrogens (primary N) is 2. The van der Waals surface area contributed by atoms with Crippen LogP contribution in [0.15, 0.2) is 61.7 Å². The van der Waals surface area contributed by atoms with Crippen molar-refractivity contribution in [1.29, 1.82) is 0 Å². The fraction of sp³-hybridized carbons (Fsp3) is 0.100. The zero-order valence-electron chi connectivity index (χ0n) is 18.7. The third-order valence-electron chi connectivity index (χ3n) is 4.42. The van der Waals surface area contributed by atoms with E-state index in [1.807, 2.05) is 26.4 Å². The highest BCUT2D eigenvalue weighted by Gasteiger charge is 2.07. The van der Waals surface area contributed by atoms with Crippen molar-refractivity contribution in [1.82, 2.24) is 48.8 Å². The average Bonchev–Trinajstić information content (AvgIpc) is 3.58. The van der Waals surface area contributed by atoms with E-state index in [-0.39, 0.29) is 0 Å². The number of pyridine rings is 2. The highest BCUT2D eigenvalue weighted by molar-refractivity contribution is 6.31. The van der Waals surface area contributed by atoms with Crippen molar-refractivity contribution >= 4 is 57.5 Å². The van der Waals surface area contributed by atoms with E-state index >= 15 is 0 Å². The van der Waals surface area contributed by atoms with Crippen molar-refractivity contribution in [2.75, 3.05) is 16.8 Å². The van der Waals surface area contributed by atoms with Crippen LogP contribution in [0.1, 0.15) is 0 Å². The molecule has 0 saturated carbocycles. The molecule has 0 aromatic carbocycles. The summed E-state index contributed by atoms with van der Waals surface area (Å²) in [6.07, 6.45) is 9.92. The molecule has 6 aromatic rings. The fourth-order valence-corrected chi connectivity index (χ4v) is 3.37. The molecule has 0 aliphatic rings. The Morgan fingerprint density at radius 1 is 0.800 bits per heavy atom. The molecule has 0 saturated heterocycles. The lowest BCUT2D eigenvalue weighted by atomic mass is 10.4. The highest BCUT2D eigenvalue weighted by atomic mass is 35.5. The Hall–Kier alpha value is -4.36. The number of halogens is 2. The van der Waals surface area contributed by atoms with Gasteiger partial charge < -0.3 is 16.8 Å². The lowest BCUT2D eigenvalue weighted by Crippen LogP contribution is -1.97. The van der Waals surface area contributed by atoms with Gasteiger partial charge in [-0.15, -0.1) is 0 Å². The molecule has 0 fully saturated rings. The van der Waals surface area contributed by atoms with Gasteiger partial charge in [-0.05, 0) is 18.2 Å². The Morgan fingerprint density at radius 2 is 1.40 bits per heavy atom. The Labute approximate surface area is 208 Å². The predicted octanol–water partition coefficient (Wildman–Crippen LogP) is 2.83. The van der Waals surface area contributed by atoms with Crippen LogP contribution in [0.4, 0.5) is 23.0 Å². The van der Waals surface area contributed by atoms with Gasteiger partial charge in [-0.2, -0.15) is 20.4 Å². The summed E-state index contributed by atoms with van der Waals surface area (Å²) in [7, 11) is 3.69. The molecule has 0 spiro atoms. The van der Waals surface area contributed by atoms with Crippen LogP contribution in [-0.4, -0.2) is 48.8 Å². The summed E-state index contributed by atoms with van der Waals surface area (Å²) in [5.74, 6) is 1.31. The maximum atomic E-state index is 6.00. The Kier molecular flexibility index (Phi) is 6.98. The number of nitrogen functional groups attached to an aromatic ring is 2. The predicted molar refractivity (Wildman–Crippen MR) is 135 cm³/mol. The molecule has 0 radical (unpaired) electrons. The first kappa shape index (κ1) is 23.8. The molecule has 6 rings (SSSR count). The number of rotatable bonds is 2. The van der Waals surface area contributed by atoms with Gasteiger partial charge in [0, 0.05) is 44.9 Å². The van der Waals surface area contributed by atoms with Crippen LogP contribution in [0.3, 0.4) is 0 Å². The molecule has 0 atom stereocenters. The fourth-order valence-electron chi connectivity index (χ4n) is 2.96. The first-order valence-corrected chi connectivity index (χ1v) is 10.8. The van der Waals surface area contributed by atoms with Gasteiger partial charge in [0.2, 0.25) is 0 Å². The Bertz CT molecular complexity index is 1550. The minimum Gasteiger partial charge on any atom is -0.396 e. The van der Waals surface area contributed by atoms with Gasteiger partial charge >= 0.3 is 0 Å². The molecule has 6 aromatic heterocycles. The summed E-state index contributed by atoms with van der Waals surface area (Å²) in [4.78, 5) is 8.09. The van der Waals surface area contributed by atoms with Crippen molar-refractivity contribution in [2.45, 2.75) is 0 Å². The molecule has 0 amide bonds. The van der Waals surface area contributed by atoms with E-state index in [0.29, 0.717) is 32.8 Å². The number of hydrogen-bond donors (Lipinski definition) is 3. The minimum atomic E-state index is 0.537. The van der Waals surface area contributed by atoms with Gasteiger partial charge in [0.25, 0.3) is 0 Å². The zero-order valence-corrected chi connectivity index (χ0v) is 20.2. The minimum absolute atomic E-state index is 0.537. The Balaban J connectivity index is 0.000000137. The monoisotopic (exact) mass is 513 g/mol. The largest absolute Gasteiger partial charge is 0.396 e. The van der Waals surface area contributed by atoms with Gasteiger partial charge in [-0.1, -0.05) is 23.2 Å². The third-order valence-corrected chi connectivity index (χ3v) is 4.84. The molecular formula is C20H21Cl2N13. The maximum absolute atomic E-state index is 6.00. The maximum Gasteiger partial charge on any atom is 0.178 e. The second-order valence-corrected chi connectivity index (χ2v) is 8.03. The van der Waals surface area contributed by atoms with Gasteiger partial charge in [0.05, 0.1) is 21.4 Å². The highest BCUT2D eigenvalue weighted by Crippen LogP contribution is 2.23. The van der Waals surface area contributed by atoms with Crippen molar-refractivity contribution in [3.8, 4) is 0 Å². The summed E-state index contributed by atoms with van der Waals surface area (Å²) < 4.78 is 6.54. The van der Waals surface area contributed by atoms with Gasteiger partial charge in [-0.3, -0.25) is 9.36 Å². The van der Waals surface area contributed by atoms with Crippen LogP contribution in [0, 0.1) is 0 Å². The second kappa shape index (κ2) is 10.3. The summed E-state index contributed by atoms with van der Waals surface area (Å²) >= 11 is 11.7. The lowest BCUT2D eigenvalue weighted by molar-refractivity contribution is 0.771. The van der Waals surface area contributed by atoms with Crippen LogP contribution < -0.4 is 16.8 Å². The quantitative estimate of drug-likeness (QED) is 0.316. The molecule has 5 N–H and O–H groups in total. The molecule has 15 heteroatoms. The smallest absolute Gasteiger partial charge is 0.178 e. The number of hydrogen-bond acceptors (Lipinski definition) is 9. The number of nitrogens with zero attached hydrogens (tertiary/aromatic N) is 10. The number of aromatic nitrogens is 10. The Morgan fingerprint density at radius 3 is 1.97 bits per heavy atom. The molecule has 6 heterocycles. The molecule has 180 valence electrons. The number of nitrogens with one attached hydrogen (secondary N) is 1. The molecule has 0 aliphatic heterocycles. The SMILES string of the molecule is Cn1ccc(N)n1.Cn1ccc(Nc2cc(Cl)cn3ncnc23)n1.Nc1cc(Cl)cn2ncnc12. The summed E-state index contributed by atoms with van der Waals surface area (Å²) in [5.41, 5.74) is 13.5. The van der Waals surface area contributed by atoms with Crippen LogP contribution in [0.2, 0.25) is 10.0 Å². The number of fused-ring (bicyclic) bond motifs is 2. The van der Waals surface area contributed by atoms with E-state index in [2.05, 4.69) is 35.7 Å². The zero-order chi connectivity index (χ0) is 24.9. The molecule has 0 unspecified atom stereocenters. The molecule has 35 heavy (non-hydrogen) atoms. The van der Waals surface area contributed by atoms with Crippen molar-refractivity contribution < 1.29 is 0 Å². The van der Waals surface area contributed by atoms with E-state index in [9.17, 15) is 0 Å². The van der Waals surface area contributed by atoms with E-state index in [1.165, 1.54) is 17.2 Å². The van der Waals surface area contributed by atoms with Crippen molar-refractivity contribution in [2.24, 2.45) is 14.1 Å². The first-order chi connectivity index (χ1) is 16.8. The van der Waals surface area contributed by atoms with Crippen LogP contribution >= 0.6 is 23.2 Å². The van der Waals surface area contributed by atoms with E-state index < -0.39 is 0 Å². The molecular weight excluding hydrogens is 493 g/mol. The number of aryl methyl sites for hydroxylation is 2. The standard InChI is InChI=1S/C10H9ClN6.C6H5ClN4.C4H7N3/c1-16-3-2-9(15-16)14-8-4-7(11)5-17-10(8)12-6-13-17;7-4-1-5(8)6-9-3-10-11(6)2-4;1-7-3-2-4(5)6-7/h2-6H,1H3,(H,14,15);1-3H,8H2;2-3H,1H3,(H2,5,6). The van der Waals surface area contributed by atoms with E-state index in [0.717, 1.165) is 11.5 Å². The lowest BCUT2D eigenvalue weighted by Gasteiger charge is -2.04. The molecule has 0 aliphatic carbocycles.